The van der Waals surface area contributed by atoms with Crippen molar-refractivity contribution in [1.82, 2.24) is 0 Å². The number of hydrogen-bond donors (Lipinski definition) is 3. The van der Waals surface area contributed by atoms with Crippen LogP contribution < -0.4 is 21.5 Å². The number of amides is 1. The minimum absolute atomic E-state index is 0.144. The molecule has 0 bridgehead atoms. The molecule has 0 radical (unpaired) electrons. The molecule has 1 aromatic rings. The Morgan fingerprint density at radius 3 is 2.55 bits per heavy atom. The third kappa shape index (κ3) is 4.74. The Morgan fingerprint density at radius 2 is 2.00 bits per heavy atom. The fraction of sp³-hybridized carbons (Fsp3) is 0.533. The van der Waals surface area contributed by atoms with E-state index in [1.807, 2.05) is 0 Å². The van der Waals surface area contributed by atoms with Gasteiger partial charge in [0.25, 0.3) is 0 Å². The Hall–Kier alpha value is -1.75. The highest BCUT2D eigenvalue weighted by atomic mass is 16.5. The number of nitrogens with one attached hydrogen (secondary N) is 1. The molecular weight excluding hydrogens is 254 g/mol. The van der Waals surface area contributed by atoms with Gasteiger partial charge in [-0.05, 0) is 31.4 Å². The zero-order valence-corrected chi connectivity index (χ0v) is 12.5. The molecule has 0 saturated heterocycles. The lowest BCUT2D eigenvalue weighted by atomic mass is 9.91. The maximum absolute atomic E-state index is 11.2. The highest BCUT2D eigenvalue weighted by molar-refractivity contribution is 5.90. The summed E-state index contributed by atoms with van der Waals surface area (Å²) < 4.78 is 5.74. The quantitative estimate of drug-likeness (QED) is 0.669. The predicted octanol–water partition coefficient (Wildman–Crippen LogP) is 2.51. The second-order valence-electron chi connectivity index (χ2n) is 5.10. The predicted molar refractivity (Wildman–Crippen MR) is 82.8 cm³/mol. The molecule has 0 fully saturated rings. The molecule has 5 N–H and O–H groups in total. The average Bonchev–Trinajstić information content (AvgIpc) is 2.41. The summed E-state index contributed by atoms with van der Waals surface area (Å²) in [5, 5.41) is 2.73. The number of nitrogens with two attached hydrogens (primary N) is 2. The van der Waals surface area contributed by atoms with Crippen molar-refractivity contribution in [1.29, 1.82) is 0 Å². The average molecular weight is 279 g/mol. The van der Waals surface area contributed by atoms with Gasteiger partial charge < -0.3 is 21.5 Å². The summed E-state index contributed by atoms with van der Waals surface area (Å²) in [5.74, 6) is 0.435. The lowest BCUT2D eigenvalue weighted by Crippen LogP contribution is -2.39. The van der Waals surface area contributed by atoms with Crippen LogP contribution in [0.25, 0.3) is 0 Å². The van der Waals surface area contributed by atoms with Crippen LogP contribution >= 0.6 is 0 Å². The molecule has 0 atom stereocenters. The summed E-state index contributed by atoms with van der Waals surface area (Å²) in [5.41, 5.74) is 13.0. The van der Waals surface area contributed by atoms with Gasteiger partial charge in [-0.25, -0.2) is 0 Å². The standard InChI is InChI=1S/C15H25N3O2/c1-4-15(17,5-2)8-9-20-14-10-12(16)6-7-13(14)18-11(3)19/h6-7,10H,4-5,8-9,16-17H2,1-3H3,(H,18,19). The first-order valence-corrected chi connectivity index (χ1v) is 6.99. The normalized spacial score (nSPS) is 11.2. The third-order valence-electron chi connectivity index (χ3n) is 3.58. The zero-order valence-electron chi connectivity index (χ0n) is 12.5. The maximum Gasteiger partial charge on any atom is 0.221 e. The molecule has 1 amide bonds. The van der Waals surface area contributed by atoms with Crippen LogP contribution in [-0.4, -0.2) is 18.1 Å². The van der Waals surface area contributed by atoms with Crippen molar-refractivity contribution in [2.75, 3.05) is 17.7 Å². The van der Waals surface area contributed by atoms with Crippen molar-refractivity contribution in [3.05, 3.63) is 18.2 Å². The summed E-state index contributed by atoms with van der Waals surface area (Å²) in [6, 6.07) is 5.17. The van der Waals surface area contributed by atoms with Gasteiger partial charge in [-0.1, -0.05) is 13.8 Å². The fourth-order valence-corrected chi connectivity index (χ4v) is 1.92. The highest BCUT2D eigenvalue weighted by Gasteiger charge is 2.20. The zero-order chi connectivity index (χ0) is 15.2. The molecule has 0 aromatic heterocycles. The van der Waals surface area contributed by atoms with Gasteiger partial charge in [-0.15, -0.1) is 0 Å². The molecule has 0 unspecified atom stereocenters. The molecule has 0 saturated carbocycles. The Labute approximate surface area is 120 Å². The van der Waals surface area contributed by atoms with E-state index in [1.165, 1.54) is 6.92 Å². The number of ether oxygens (including phenoxy) is 1. The van der Waals surface area contributed by atoms with E-state index < -0.39 is 0 Å². The molecule has 5 heteroatoms. The van der Waals surface area contributed by atoms with Crippen LogP contribution in [0.15, 0.2) is 18.2 Å². The molecular formula is C15H25N3O2. The van der Waals surface area contributed by atoms with Crippen LogP contribution in [0.5, 0.6) is 5.75 Å². The van der Waals surface area contributed by atoms with E-state index in [0.29, 0.717) is 23.7 Å². The summed E-state index contributed by atoms with van der Waals surface area (Å²) >= 11 is 0. The van der Waals surface area contributed by atoms with Crippen molar-refractivity contribution in [2.24, 2.45) is 5.73 Å². The SMILES string of the molecule is CCC(N)(CC)CCOc1cc(N)ccc1NC(C)=O. The number of hydrogen-bond acceptors (Lipinski definition) is 4. The van der Waals surface area contributed by atoms with Crippen LogP contribution in [0.2, 0.25) is 0 Å². The van der Waals surface area contributed by atoms with E-state index in [4.69, 9.17) is 16.2 Å². The fourth-order valence-electron chi connectivity index (χ4n) is 1.92. The molecule has 0 aliphatic rings. The summed E-state index contributed by atoms with van der Waals surface area (Å²) in [7, 11) is 0. The molecule has 0 aliphatic carbocycles. The van der Waals surface area contributed by atoms with Gasteiger partial charge in [0.05, 0.1) is 12.3 Å². The lowest BCUT2D eigenvalue weighted by molar-refractivity contribution is -0.114. The molecule has 20 heavy (non-hydrogen) atoms. The molecule has 0 aliphatic heterocycles. The minimum atomic E-state index is -0.200. The molecule has 0 heterocycles. The van der Waals surface area contributed by atoms with E-state index in [-0.39, 0.29) is 11.4 Å². The smallest absolute Gasteiger partial charge is 0.221 e. The molecule has 5 nitrogen and oxygen atoms in total. The Kier molecular flexibility index (Phi) is 5.82. The first-order chi connectivity index (χ1) is 9.40. The van der Waals surface area contributed by atoms with Crippen molar-refractivity contribution in [3.8, 4) is 5.75 Å². The number of nitrogen functional groups attached to an aromatic ring is 1. The van der Waals surface area contributed by atoms with Crippen LogP contribution in [0.1, 0.15) is 40.0 Å². The Bertz CT molecular complexity index is 456. The van der Waals surface area contributed by atoms with E-state index in [9.17, 15) is 4.79 Å². The monoisotopic (exact) mass is 279 g/mol. The van der Waals surface area contributed by atoms with Crippen LogP contribution in [0.3, 0.4) is 0 Å². The van der Waals surface area contributed by atoms with Crippen LogP contribution in [-0.2, 0) is 4.79 Å². The van der Waals surface area contributed by atoms with Crippen molar-refractivity contribution >= 4 is 17.3 Å². The number of carbonyl (C=O) groups is 1. The molecule has 0 spiro atoms. The number of carbonyl (C=O) groups excluding carboxylic acids is 1. The topological polar surface area (TPSA) is 90.4 Å². The van der Waals surface area contributed by atoms with Gasteiger partial charge in [0, 0.05) is 24.2 Å². The van der Waals surface area contributed by atoms with Gasteiger partial charge in [0.15, 0.2) is 0 Å². The summed E-state index contributed by atoms with van der Waals surface area (Å²) in [6.07, 6.45) is 2.57. The molecule has 1 aromatic carbocycles. The van der Waals surface area contributed by atoms with Gasteiger partial charge in [-0.3, -0.25) is 4.79 Å². The van der Waals surface area contributed by atoms with Crippen molar-refractivity contribution < 1.29 is 9.53 Å². The third-order valence-corrected chi connectivity index (χ3v) is 3.58. The lowest BCUT2D eigenvalue weighted by Gasteiger charge is -2.26. The summed E-state index contributed by atoms with van der Waals surface area (Å²) in [6.45, 7) is 6.10. The van der Waals surface area contributed by atoms with Gasteiger partial charge in [-0.2, -0.15) is 0 Å². The first kappa shape index (κ1) is 16.3. The van der Waals surface area contributed by atoms with Gasteiger partial charge in [0.1, 0.15) is 5.75 Å². The van der Waals surface area contributed by atoms with E-state index in [1.54, 1.807) is 18.2 Å². The maximum atomic E-state index is 11.2. The summed E-state index contributed by atoms with van der Waals surface area (Å²) in [4.78, 5) is 11.2. The van der Waals surface area contributed by atoms with Crippen molar-refractivity contribution in [3.63, 3.8) is 0 Å². The number of anilines is 2. The van der Waals surface area contributed by atoms with E-state index >= 15 is 0 Å². The first-order valence-electron chi connectivity index (χ1n) is 6.99. The largest absolute Gasteiger partial charge is 0.491 e. The highest BCUT2D eigenvalue weighted by Crippen LogP contribution is 2.28. The second kappa shape index (κ2) is 7.14. The molecule has 112 valence electrons. The molecule has 1 rings (SSSR count). The minimum Gasteiger partial charge on any atom is -0.491 e. The van der Waals surface area contributed by atoms with E-state index in [0.717, 1.165) is 19.3 Å². The van der Waals surface area contributed by atoms with E-state index in [2.05, 4.69) is 19.2 Å². The van der Waals surface area contributed by atoms with Crippen LogP contribution in [0.4, 0.5) is 11.4 Å². The second-order valence-corrected chi connectivity index (χ2v) is 5.10. The Morgan fingerprint density at radius 1 is 1.35 bits per heavy atom. The number of rotatable bonds is 7. The number of benzene rings is 1. The van der Waals surface area contributed by atoms with Crippen molar-refractivity contribution in [2.45, 2.75) is 45.6 Å². The van der Waals surface area contributed by atoms with Crippen LogP contribution in [0, 0.1) is 0 Å². The Balaban J connectivity index is 2.71. The van der Waals surface area contributed by atoms with Gasteiger partial charge >= 0.3 is 0 Å². The van der Waals surface area contributed by atoms with Gasteiger partial charge in [0.2, 0.25) is 5.91 Å².